The zero-order valence-corrected chi connectivity index (χ0v) is 12.1. The molecule has 102 valence electrons. The van der Waals surface area contributed by atoms with Gasteiger partial charge in [-0.1, -0.05) is 69.4 Å². The Hall–Kier alpha value is -0.820. The fraction of sp³-hybridized carbons (Fsp3) is 0.647. The summed E-state index contributed by atoms with van der Waals surface area (Å²) in [6, 6.07) is 11.5. The third-order valence-corrected chi connectivity index (χ3v) is 3.69. The van der Waals surface area contributed by atoms with Gasteiger partial charge in [-0.15, -0.1) is 0 Å². The summed E-state index contributed by atoms with van der Waals surface area (Å²) in [6.45, 7) is 2.27. The summed E-state index contributed by atoms with van der Waals surface area (Å²) in [6.07, 6.45) is 10.7. The van der Waals surface area contributed by atoms with Crippen molar-refractivity contribution in [1.82, 2.24) is 5.32 Å². The Labute approximate surface area is 113 Å². The molecule has 0 amide bonds. The van der Waals surface area contributed by atoms with Crippen molar-refractivity contribution in [2.75, 3.05) is 7.05 Å². The molecule has 1 aromatic rings. The molecule has 1 heteroatoms. The molecule has 0 spiro atoms. The molecule has 0 heterocycles. The molecule has 0 aromatic heterocycles. The second kappa shape index (κ2) is 10.1. The number of aryl methyl sites for hydroxylation is 1. The number of benzene rings is 1. The van der Waals surface area contributed by atoms with Gasteiger partial charge in [0.05, 0.1) is 0 Å². The molecule has 1 aromatic carbocycles. The van der Waals surface area contributed by atoms with E-state index >= 15 is 0 Å². The third-order valence-electron chi connectivity index (χ3n) is 3.69. The van der Waals surface area contributed by atoms with Crippen molar-refractivity contribution in [1.29, 1.82) is 0 Å². The molecule has 0 aliphatic carbocycles. The van der Waals surface area contributed by atoms with Gasteiger partial charge in [0.15, 0.2) is 0 Å². The summed E-state index contributed by atoms with van der Waals surface area (Å²) in [4.78, 5) is 0. The normalized spacial score (nSPS) is 12.6. The Balaban J connectivity index is 2.13. The first-order valence-corrected chi connectivity index (χ1v) is 7.58. The summed E-state index contributed by atoms with van der Waals surface area (Å²) in [7, 11) is 2.10. The van der Waals surface area contributed by atoms with Crippen LogP contribution in [0.3, 0.4) is 0 Å². The molecule has 0 saturated heterocycles. The first-order chi connectivity index (χ1) is 8.86. The Morgan fingerprint density at radius 3 is 2.33 bits per heavy atom. The maximum Gasteiger partial charge on any atom is 0.00672 e. The van der Waals surface area contributed by atoms with E-state index in [9.17, 15) is 0 Å². The second-order valence-corrected chi connectivity index (χ2v) is 5.21. The van der Waals surface area contributed by atoms with E-state index in [1.54, 1.807) is 0 Å². The predicted molar refractivity (Wildman–Crippen MR) is 81.0 cm³/mol. The van der Waals surface area contributed by atoms with Crippen LogP contribution in [0.15, 0.2) is 30.3 Å². The molecule has 0 saturated carbocycles. The Morgan fingerprint density at radius 2 is 1.67 bits per heavy atom. The molecule has 0 aliphatic heterocycles. The largest absolute Gasteiger partial charge is 0.317 e. The smallest absolute Gasteiger partial charge is 0.00672 e. The molecule has 1 rings (SSSR count). The van der Waals surface area contributed by atoms with E-state index in [0.29, 0.717) is 6.04 Å². The van der Waals surface area contributed by atoms with Crippen molar-refractivity contribution in [2.24, 2.45) is 0 Å². The van der Waals surface area contributed by atoms with E-state index in [-0.39, 0.29) is 0 Å². The van der Waals surface area contributed by atoms with Gasteiger partial charge in [-0.25, -0.2) is 0 Å². The number of hydrogen-bond donors (Lipinski definition) is 1. The highest BCUT2D eigenvalue weighted by Crippen LogP contribution is 2.11. The molecule has 1 unspecified atom stereocenters. The molecule has 0 fully saturated rings. The van der Waals surface area contributed by atoms with Crippen LogP contribution in [0, 0.1) is 0 Å². The maximum absolute atomic E-state index is 3.46. The van der Waals surface area contributed by atoms with E-state index in [1.807, 2.05) is 0 Å². The molecule has 0 aliphatic rings. The SMILES string of the molecule is CCCCCCCC(CCc1ccccc1)NC. The highest BCUT2D eigenvalue weighted by molar-refractivity contribution is 5.14. The molecule has 0 bridgehead atoms. The molecular formula is C17H29N. The van der Waals surface area contributed by atoms with Crippen LogP contribution < -0.4 is 5.32 Å². The number of unbranched alkanes of at least 4 members (excludes halogenated alkanes) is 4. The number of nitrogens with one attached hydrogen (secondary N) is 1. The Bertz CT molecular complexity index is 281. The van der Waals surface area contributed by atoms with Crippen molar-refractivity contribution in [3.63, 3.8) is 0 Å². The number of hydrogen-bond acceptors (Lipinski definition) is 1. The van der Waals surface area contributed by atoms with Gasteiger partial charge in [0.25, 0.3) is 0 Å². The molecular weight excluding hydrogens is 218 g/mol. The lowest BCUT2D eigenvalue weighted by molar-refractivity contribution is 0.459. The fourth-order valence-corrected chi connectivity index (χ4v) is 2.41. The van der Waals surface area contributed by atoms with E-state index < -0.39 is 0 Å². The quantitative estimate of drug-likeness (QED) is 0.597. The van der Waals surface area contributed by atoms with Crippen LogP contribution >= 0.6 is 0 Å². The van der Waals surface area contributed by atoms with E-state index in [1.165, 1.54) is 56.9 Å². The predicted octanol–water partition coefficient (Wildman–Crippen LogP) is 4.57. The average molecular weight is 247 g/mol. The lowest BCUT2D eigenvalue weighted by Crippen LogP contribution is -2.25. The van der Waals surface area contributed by atoms with Crippen LogP contribution in [0.5, 0.6) is 0 Å². The first-order valence-electron chi connectivity index (χ1n) is 7.58. The highest BCUT2D eigenvalue weighted by Gasteiger charge is 2.05. The standard InChI is InChI=1S/C17H29N/c1-3-4-5-6-10-13-17(18-2)15-14-16-11-8-7-9-12-16/h7-9,11-12,17-18H,3-6,10,13-15H2,1-2H3. The minimum atomic E-state index is 0.687. The molecule has 1 atom stereocenters. The Morgan fingerprint density at radius 1 is 0.944 bits per heavy atom. The van der Waals surface area contributed by atoms with Crippen molar-refractivity contribution in [2.45, 2.75) is 64.3 Å². The van der Waals surface area contributed by atoms with Gasteiger partial charge in [-0.05, 0) is 31.9 Å². The third kappa shape index (κ3) is 6.80. The van der Waals surface area contributed by atoms with E-state index in [4.69, 9.17) is 0 Å². The molecule has 0 radical (unpaired) electrons. The summed E-state index contributed by atoms with van der Waals surface area (Å²) < 4.78 is 0. The van der Waals surface area contributed by atoms with Crippen LogP contribution in [0.1, 0.15) is 57.4 Å². The fourth-order valence-electron chi connectivity index (χ4n) is 2.41. The summed E-state index contributed by atoms with van der Waals surface area (Å²) in [5.41, 5.74) is 1.46. The van der Waals surface area contributed by atoms with Crippen LogP contribution in [0.4, 0.5) is 0 Å². The molecule has 1 nitrogen and oxygen atoms in total. The van der Waals surface area contributed by atoms with Gasteiger partial charge in [0, 0.05) is 6.04 Å². The zero-order valence-electron chi connectivity index (χ0n) is 12.1. The van der Waals surface area contributed by atoms with Gasteiger partial charge < -0.3 is 5.32 Å². The lowest BCUT2D eigenvalue weighted by atomic mass is 10.00. The van der Waals surface area contributed by atoms with Gasteiger partial charge in [-0.3, -0.25) is 0 Å². The second-order valence-electron chi connectivity index (χ2n) is 5.21. The zero-order chi connectivity index (χ0) is 13.1. The van der Waals surface area contributed by atoms with Gasteiger partial charge >= 0.3 is 0 Å². The van der Waals surface area contributed by atoms with Crippen LogP contribution in [-0.2, 0) is 6.42 Å². The highest BCUT2D eigenvalue weighted by atomic mass is 14.9. The van der Waals surface area contributed by atoms with Crippen molar-refractivity contribution in [3.05, 3.63) is 35.9 Å². The van der Waals surface area contributed by atoms with Crippen LogP contribution in [-0.4, -0.2) is 13.1 Å². The van der Waals surface area contributed by atoms with Crippen molar-refractivity contribution < 1.29 is 0 Å². The molecule has 18 heavy (non-hydrogen) atoms. The first kappa shape index (κ1) is 15.2. The number of rotatable bonds is 10. The average Bonchev–Trinajstić information content (AvgIpc) is 2.43. The van der Waals surface area contributed by atoms with Crippen LogP contribution in [0.25, 0.3) is 0 Å². The maximum atomic E-state index is 3.46. The van der Waals surface area contributed by atoms with Gasteiger partial charge in [0.2, 0.25) is 0 Å². The summed E-state index contributed by atoms with van der Waals surface area (Å²) >= 11 is 0. The lowest BCUT2D eigenvalue weighted by Gasteiger charge is -2.16. The summed E-state index contributed by atoms with van der Waals surface area (Å²) in [5.74, 6) is 0. The monoisotopic (exact) mass is 247 g/mol. The minimum Gasteiger partial charge on any atom is -0.317 e. The van der Waals surface area contributed by atoms with Gasteiger partial charge in [0.1, 0.15) is 0 Å². The van der Waals surface area contributed by atoms with E-state index in [2.05, 4.69) is 49.6 Å². The molecule has 1 N–H and O–H groups in total. The van der Waals surface area contributed by atoms with Crippen LogP contribution in [0.2, 0.25) is 0 Å². The summed E-state index contributed by atoms with van der Waals surface area (Å²) in [5, 5.41) is 3.46. The topological polar surface area (TPSA) is 12.0 Å². The van der Waals surface area contributed by atoms with Crippen molar-refractivity contribution in [3.8, 4) is 0 Å². The minimum absolute atomic E-state index is 0.687. The van der Waals surface area contributed by atoms with Gasteiger partial charge in [-0.2, -0.15) is 0 Å². The Kier molecular flexibility index (Phi) is 8.58. The van der Waals surface area contributed by atoms with E-state index in [0.717, 1.165) is 0 Å². The van der Waals surface area contributed by atoms with Crippen molar-refractivity contribution >= 4 is 0 Å².